The summed E-state index contributed by atoms with van der Waals surface area (Å²) in [5.41, 5.74) is 5.73. The highest BCUT2D eigenvalue weighted by molar-refractivity contribution is 6.30. The summed E-state index contributed by atoms with van der Waals surface area (Å²) in [6.07, 6.45) is 3.14. The maximum absolute atomic E-state index is 13.8. The predicted octanol–water partition coefficient (Wildman–Crippen LogP) is 2.83. The third kappa shape index (κ3) is 4.11. The fraction of sp³-hybridized carbons (Fsp3) is 0.278. The highest BCUT2D eigenvalue weighted by Gasteiger charge is 2.24. The number of nitrogens with one attached hydrogen (secondary N) is 1. The number of halogens is 2. The van der Waals surface area contributed by atoms with Crippen LogP contribution in [0.5, 0.6) is 0 Å². The number of rotatable bonds is 4. The Kier molecular flexibility index (Phi) is 5.37. The van der Waals surface area contributed by atoms with Crippen molar-refractivity contribution in [3.05, 3.63) is 52.9 Å². The van der Waals surface area contributed by atoms with Gasteiger partial charge in [-0.1, -0.05) is 11.6 Å². The standard InChI is InChI=1S/C18H18ClFN4O2/c19-12-3-5-14(15(20)8-12)18(26)23-13-4-6-16(22-9-13)24-7-1-2-11(10-24)17(21)25/h3-6,8-9,11H,1-2,7,10H2,(H2,21,25)(H,23,26)/t11-/m0/s1. The average Bonchev–Trinajstić information content (AvgIpc) is 2.62. The summed E-state index contributed by atoms with van der Waals surface area (Å²) >= 11 is 5.69. The molecule has 1 aromatic carbocycles. The van der Waals surface area contributed by atoms with Crippen molar-refractivity contribution in [2.45, 2.75) is 12.8 Å². The van der Waals surface area contributed by atoms with Gasteiger partial charge in [-0.25, -0.2) is 9.37 Å². The molecule has 3 rings (SSSR count). The van der Waals surface area contributed by atoms with Crippen molar-refractivity contribution in [3.63, 3.8) is 0 Å². The first kappa shape index (κ1) is 18.1. The second-order valence-corrected chi connectivity index (χ2v) is 6.61. The van der Waals surface area contributed by atoms with E-state index in [2.05, 4.69) is 10.3 Å². The van der Waals surface area contributed by atoms with Crippen molar-refractivity contribution < 1.29 is 14.0 Å². The molecule has 3 N–H and O–H groups in total. The number of hydrogen-bond donors (Lipinski definition) is 2. The van der Waals surface area contributed by atoms with Crippen LogP contribution in [-0.2, 0) is 4.79 Å². The zero-order valence-electron chi connectivity index (χ0n) is 13.9. The van der Waals surface area contributed by atoms with Gasteiger partial charge in [-0.2, -0.15) is 0 Å². The number of pyridine rings is 1. The molecule has 0 spiro atoms. The lowest BCUT2D eigenvalue weighted by Gasteiger charge is -2.32. The number of primary amides is 1. The minimum atomic E-state index is -0.689. The van der Waals surface area contributed by atoms with Gasteiger partial charge >= 0.3 is 0 Å². The Balaban J connectivity index is 1.67. The van der Waals surface area contributed by atoms with Crippen LogP contribution in [0.4, 0.5) is 15.9 Å². The van der Waals surface area contributed by atoms with Crippen LogP contribution in [0.1, 0.15) is 23.2 Å². The monoisotopic (exact) mass is 376 g/mol. The molecule has 0 bridgehead atoms. The van der Waals surface area contributed by atoms with Gasteiger partial charge in [0.2, 0.25) is 5.91 Å². The Hall–Kier alpha value is -2.67. The molecule has 1 aliphatic heterocycles. The van der Waals surface area contributed by atoms with Gasteiger partial charge in [0, 0.05) is 18.1 Å². The number of nitrogens with two attached hydrogens (primary N) is 1. The number of aromatic nitrogens is 1. The van der Waals surface area contributed by atoms with E-state index in [1.807, 2.05) is 4.90 Å². The largest absolute Gasteiger partial charge is 0.369 e. The Labute approximate surface area is 155 Å². The zero-order chi connectivity index (χ0) is 18.7. The van der Waals surface area contributed by atoms with Crippen LogP contribution in [0.25, 0.3) is 0 Å². The molecule has 1 aliphatic rings. The number of hydrogen-bond acceptors (Lipinski definition) is 4. The second kappa shape index (κ2) is 7.70. The van der Waals surface area contributed by atoms with Crippen LogP contribution in [0.15, 0.2) is 36.5 Å². The van der Waals surface area contributed by atoms with Crippen LogP contribution in [0, 0.1) is 11.7 Å². The molecule has 6 nitrogen and oxygen atoms in total. The summed E-state index contributed by atoms with van der Waals surface area (Å²) < 4.78 is 13.8. The normalized spacial score (nSPS) is 17.0. The van der Waals surface area contributed by atoms with E-state index in [1.165, 1.54) is 18.3 Å². The molecule has 1 atom stereocenters. The van der Waals surface area contributed by atoms with E-state index in [9.17, 15) is 14.0 Å². The summed E-state index contributed by atoms with van der Waals surface area (Å²) in [6, 6.07) is 7.29. The lowest BCUT2D eigenvalue weighted by Crippen LogP contribution is -2.41. The molecular formula is C18H18ClFN4O2. The maximum Gasteiger partial charge on any atom is 0.258 e. The molecule has 0 aliphatic carbocycles. The van der Waals surface area contributed by atoms with Gasteiger partial charge < -0.3 is 16.0 Å². The van der Waals surface area contributed by atoms with Crippen LogP contribution in [0.3, 0.4) is 0 Å². The quantitative estimate of drug-likeness (QED) is 0.858. The van der Waals surface area contributed by atoms with Gasteiger partial charge in [0.15, 0.2) is 0 Å². The fourth-order valence-electron chi connectivity index (χ4n) is 2.94. The van der Waals surface area contributed by atoms with Gasteiger partial charge in [-0.15, -0.1) is 0 Å². The second-order valence-electron chi connectivity index (χ2n) is 6.17. The first-order chi connectivity index (χ1) is 12.4. The van der Waals surface area contributed by atoms with E-state index in [1.54, 1.807) is 12.1 Å². The highest BCUT2D eigenvalue weighted by Crippen LogP contribution is 2.23. The Bertz CT molecular complexity index is 828. The predicted molar refractivity (Wildman–Crippen MR) is 97.7 cm³/mol. The molecule has 0 unspecified atom stereocenters. The Morgan fingerprint density at radius 3 is 2.77 bits per heavy atom. The van der Waals surface area contributed by atoms with E-state index in [0.717, 1.165) is 25.5 Å². The molecule has 0 radical (unpaired) electrons. The summed E-state index contributed by atoms with van der Waals surface area (Å²) in [7, 11) is 0. The molecular weight excluding hydrogens is 359 g/mol. The average molecular weight is 377 g/mol. The number of benzene rings is 1. The van der Waals surface area contributed by atoms with Gasteiger partial charge in [-0.3, -0.25) is 9.59 Å². The van der Waals surface area contributed by atoms with Gasteiger partial charge in [0.25, 0.3) is 5.91 Å². The van der Waals surface area contributed by atoms with E-state index in [0.29, 0.717) is 18.1 Å². The molecule has 1 saturated heterocycles. The van der Waals surface area contributed by atoms with Gasteiger partial charge in [0.1, 0.15) is 11.6 Å². The van der Waals surface area contributed by atoms with Gasteiger partial charge in [-0.05, 0) is 43.2 Å². The molecule has 1 aromatic heterocycles. The Morgan fingerprint density at radius 1 is 1.31 bits per heavy atom. The lowest BCUT2D eigenvalue weighted by molar-refractivity contribution is -0.122. The van der Waals surface area contributed by atoms with Crippen molar-refractivity contribution in [1.82, 2.24) is 4.98 Å². The van der Waals surface area contributed by atoms with Crippen LogP contribution >= 0.6 is 11.6 Å². The summed E-state index contributed by atoms with van der Waals surface area (Å²) in [6.45, 7) is 1.32. The van der Waals surface area contributed by atoms with Crippen molar-refractivity contribution in [3.8, 4) is 0 Å². The van der Waals surface area contributed by atoms with Crippen LogP contribution in [0.2, 0.25) is 5.02 Å². The van der Waals surface area contributed by atoms with E-state index < -0.39 is 11.7 Å². The zero-order valence-corrected chi connectivity index (χ0v) is 14.7. The minimum absolute atomic E-state index is 0.0983. The fourth-order valence-corrected chi connectivity index (χ4v) is 3.10. The molecule has 2 amide bonds. The molecule has 26 heavy (non-hydrogen) atoms. The molecule has 2 heterocycles. The molecule has 2 aromatic rings. The van der Waals surface area contributed by atoms with Crippen molar-refractivity contribution in [2.75, 3.05) is 23.3 Å². The van der Waals surface area contributed by atoms with E-state index >= 15 is 0 Å². The van der Waals surface area contributed by atoms with Crippen LogP contribution in [-0.4, -0.2) is 29.9 Å². The maximum atomic E-state index is 13.8. The SMILES string of the molecule is NC(=O)[C@H]1CCCN(c2ccc(NC(=O)c3ccc(Cl)cc3F)cn2)C1. The number of amides is 2. The van der Waals surface area contributed by atoms with E-state index in [4.69, 9.17) is 17.3 Å². The number of nitrogens with zero attached hydrogens (tertiary/aromatic N) is 2. The van der Waals surface area contributed by atoms with Crippen LogP contribution < -0.4 is 16.0 Å². The van der Waals surface area contributed by atoms with Crippen molar-refractivity contribution in [1.29, 1.82) is 0 Å². The molecule has 0 saturated carbocycles. The third-order valence-electron chi connectivity index (χ3n) is 4.33. The minimum Gasteiger partial charge on any atom is -0.369 e. The number of piperidine rings is 1. The number of carbonyl (C=O) groups is 2. The van der Waals surface area contributed by atoms with E-state index in [-0.39, 0.29) is 22.4 Å². The third-order valence-corrected chi connectivity index (χ3v) is 4.56. The highest BCUT2D eigenvalue weighted by atomic mass is 35.5. The molecule has 8 heteroatoms. The van der Waals surface area contributed by atoms with Crippen molar-refractivity contribution >= 4 is 34.9 Å². The Morgan fingerprint density at radius 2 is 2.12 bits per heavy atom. The summed E-state index contributed by atoms with van der Waals surface area (Å²) in [5.74, 6) is -1.06. The smallest absolute Gasteiger partial charge is 0.258 e. The molecule has 136 valence electrons. The number of carbonyl (C=O) groups excluding carboxylic acids is 2. The number of anilines is 2. The van der Waals surface area contributed by atoms with Crippen molar-refractivity contribution in [2.24, 2.45) is 11.7 Å². The first-order valence-electron chi connectivity index (χ1n) is 8.21. The lowest BCUT2D eigenvalue weighted by atomic mass is 9.97. The molecule has 1 fully saturated rings. The summed E-state index contributed by atoms with van der Waals surface area (Å²) in [5, 5.41) is 2.82. The van der Waals surface area contributed by atoms with Gasteiger partial charge in [0.05, 0.1) is 23.4 Å². The first-order valence-corrected chi connectivity index (χ1v) is 8.58. The summed E-state index contributed by atoms with van der Waals surface area (Å²) in [4.78, 5) is 29.9. The topological polar surface area (TPSA) is 88.3 Å².